The number of benzene rings is 3. The van der Waals surface area contributed by atoms with Crippen LogP contribution in [0.25, 0.3) is 22.0 Å². The molecule has 0 bridgehead atoms. The third-order valence-electron chi connectivity index (χ3n) is 5.54. The summed E-state index contributed by atoms with van der Waals surface area (Å²) in [5, 5.41) is 1.88. The van der Waals surface area contributed by atoms with E-state index < -0.39 is 0 Å². The number of rotatable bonds is 7. The molecular weight excluding hydrogens is 438 g/mol. The maximum Gasteiger partial charge on any atom is 0.0780 e. The van der Waals surface area contributed by atoms with E-state index in [1.165, 1.54) is 11.1 Å². The van der Waals surface area contributed by atoms with Crippen molar-refractivity contribution in [3.63, 3.8) is 0 Å². The predicted octanol–water partition coefficient (Wildman–Crippen LogP) is 8.64. The van der Waals surface area contributed by atoms with E-state index in [1.807, 2.05) is 42.6 Å². The summed E-state index contributed by atoms with van der Waals surface area (Å²) in [5.74, 6) is 0.171. The summed E-state index contributed by atoms with van der Waals surface area (Å²) in [6, 6.07) is 27.3. The molecule has 4 rings (SSSR count). The first-order valence-electron chi connectivity index (χ1n) is 11.1. The van der Waals surface area contributed by atoms with Crippen molar-refractivity contribution < 1.29 is 4.74 Å². The molecule has 0 N–H and O–H groups in total. The summed E-state index contributed by atoms with van der Waals surface area (Å²) in [4.78, 5) is 4.64. The first kappa shape index (κ1) is 25.2. The summed E-state index contributed by atoms with van der Waals surface area (Å²) < 4.78 is 4.25. The predicted molar refractivity (Wildman–Crippen MR) is 147 cm³/mol. The van der Waals surface area contributed by atoms with Gasteiger partial charge in [-0.25, -0.2) is 0 Å². The lowest BCUT2D eigenvalue weighted by molar-refractivity contribution is 0.277. The van der Waals surface area contributed by atoms with Gasteiger partial charge in [-0.05, 0) is 46.9 Å². The van der Waals surface area contributed by atoms with Crippen LogP contribution in [0.15, 0.2) is 122 Å². The fourth-order valence-corrected chi connectivity index (χ4v) is 4.12. The molecule has 34 heavy (non-hydrogen) atoms. The molecule has 3 heteroatoms. The zero-order valence-electron chi connectivity index (χ0n) is 19.7. The van der Waals surface area contributed by atoms with Crippen LogP contribution in [0.5, 0.6) is 0 Å². The molecule has 0 saturated carbocycles. The van der Waals surface area contributed by atoms with Crippen molar-refractivity contribution in [1.82, 2.24) is 4.98 Å². The monoisotopic (exact) mass is 467 g/mol. The lowest BCUT2D eigenvalue weighted by atomic mass is 9.84. The molecule has 0 aliphatic rings. The number of halogens is 1. The van der Waals surface area contributed by atoms with Gasteiger partial charge < -0.3 is 4.74 Å². The molecule has 0 amide bonds. The highest BCUT2D eigenvalue weighted by atomic mass is 35.5. The summed E-state index contributed by atoms with van der Waals surface area (Å²) >= 11 is 6.16. The number of aromatic nitrogens is 1. The van der Waals surface area contributed by atoms with Crippen molar-refractivity contribution in [2.24, 2.45) is 0 Å². The second-order valence-corrected chi connectivity index (χ2v) is 8.34. The fourth-order valence-electron chi connectivity index (χ4n) is 3.99. The van der Waals surface area contributed by atoms with Crippen LogP contribution in [0.3, 0.4) is 0 Å². The Balaban J connectivity index is 0.00000103. The smallest absolute Gasteiger partial charge is 0.0780 e. The highest BCUT2D eigenvalue weighted by Gasteiger charge is 2.17. The maximum absolute atomic E-state index is 6.16. The van der Waals surface area contributed by atoms with Crippen molar-refractivity contribution in [3.05, 3.63) is 138 Å². The molecule has 172 valence electrons. The lowest BCUT2D eigenvalue weighted by Crippen LogP contribution is -2.03. The van der Waals surface area contributed by atoms with Gasteiger partial charge in [-0.2, -0.15) is 0 Å². The topological polar surface area (TPSA) is 22.1 Å². The molecule has 0 aliphatic carbocycles. The molecule has 0 aliphatic heterocycles. The van der Waals surface area contributed by atoms with Crippen molar-refractivity contribution in [1.29, 1.82) is 0 Å². The zero-order chi connectivity index (χ0) is 24.3. The van der Waals surface area contributed by atoms with Crippen LogP contribution in [0.1, 0.15) is 23.5 Å². The zero-order valence-corrected chi connectivity index (χ0v) is 20.5. The summed E-state index contributed by atoms with van der Waals surface area (Å²) in [5.41, 5.74) is 6.92. The van der Waals surface area contributed by atoms with Gasteiger partial charge in [-0.15, -0.1) is 0 Å². The molecular formula is C31H30ClNO. The minimum Gasteiger partial charge on any atom is -0.388 e. The first-order valence-corrected chi connectivity index (χ1v) is 11.5. The number of hydrogen-bond acceptors (Lipinski definition) is 2. The van der Waals surface area contributed by atoms with E-state index in [9.17, 15) is 0 Å². The van der Waals surface area contributed by atoms with E-state index in [0.29, 0.717) is 0 Å². The standard InChI is InChI=1S/C29H24ClN.C2H6O/c1-3-8-21(4-2)19-28(22-14-16-26(30)17-15-22)25-11-5-10-24(20-25)27-13-6-9-23-12-7-18-31-29(23)27;1-3-2/h3-18,20,28H,1-2,19H2;1-2H3/b21-8+;. The third kappa shape index (κ3) is 6.32. The van der Waals surface area contributed by atoms with Crippen LogP contribution >= 0.6 is 11.6 Å². The van der Waals surface area contributed by atoms with Gasteiger partial charge in [0.1, 0.15) is 0 Å². The van der Waals surface area contributed by atoms with Gasteiger partial charge in [0.05, 0.1) is 5.52 Å². The second-order valence-electron chi connectivity index (χ2n) is 7.90. The summed E-state index contributed by atoms with van der Waals surface area (Å²) in [6.45, 7) is 7.83. The summed E-state index contributed by atoms with van der Waals surface area (Å²) in [6.07, 6.45) is 8.42. The van der Waals surface area contributed by atoms with Crippen LogP contribution in [0.2, 0.25) is 5.02 Å². The Morgan fingerprint density at radius 1 is 0.941 bits per heavy atom. The van der Waals surface area contributed by atoms with Gasteiger partial charge in [0.25, 0.3) is 0 Å². The molecule has 0 saturated heterocycles. The highest BCUT2D eigenvalue weighted by Crippen LogP contribution is 2.35. The number of fused-ring (bicyclic) bond motifs is 1. The van der Waals surface area contributed by atoms with E-state index >= 15 is 0 Å². The molecule has 1 unspecified atom stereocenters. The van der Waals surface area contributed by atoms with Gasteiger partial charge in [0.2, 0.25) is 0 Å². The number of allylic oxidation sites excluding steroid dienone is 4. The molecule has 3 aromatic carbocycles. The molecule has 1 atom stereocenters. The third-order valence-corrected chi connectivity index (χ3v) is 5.79. The molecule has 0 fully saturated rings. The van der Waals surface area contributed by atoms with Crippen molar-refractivity contribution >= 4 is 22.5 Å². The van der Waals surface area contributed by atoms with Gasteiger partial charge in [0, 0.05) is 42.3 Å². The first-order chi connectivity index (χ1) is 16.6. The van der Waals surface area contributed by atoms with Crippen LogP contribution in [-0.4, -0.2) is 19.2 Å². The number of pyridine rings is 1. The molecule has 1 heterocycles. The van der Waals surface area contributed by atoms with Gasteiger partial charge >= 0.3 is 0 Å². The average molecular weight is 468 g/mol. The summed E-state index contributed by atoms with van der Waals surface area (Å²) in [7, 11) is 3.25. The minimum atomic E-state index is 0.171. The normalized spacial score (nSPS) is 11.9. The van der Waals surface area contributed by atoms with Crippen LogP contribution in [-0.2, 0) is 4.74 Å². The number of para-hydroxylation sites is 1. The number of hydrogen-bond donors (Lipinski definition) is 0. The number of nitrogens with zero attached hydrogens (tertiary/aromatic N) is 1. The Bertz CT molecular complexity index is 1270. The lowest BCUT2D eigenvalue weighted by Gasteiger charge is -2.20. The van der Waals surface area contributed by atoms with Gasteiger partial charge in [-0.1, -0.05) is 104 Å². The van der Waals surface area contributed by atoms with Crippen molar-refractivity contribution in [3.8, 4) is 11.1 Å². The Labute approximate surface area is 207 Å². The molecule has 2 nitrogen and oxygen atoms in total. The second kappa shape index (κ2) is 12.7. The van der Waals surface area contributed by atoms with Gasteiger partial charge in [0.15, 0.2) is 0 Å². The Morgan fingerprint density at radius 2 is 1.65 bits per heavy atom. The SMILES string of the molecule is C=C/C=C(\C=C)CC(c1ccc(Cl)cc1)c1cccc(-c2cccc3cccnc23)c1.COC. The van der Waals surface area contributed by atoms with Crippen LogP contribution in [0.4, 0.5) is 0 Å². The highest BCUT2D eigenvalue weighted by molar-refractivity contribution is 6.30. The Hall–Kier alpha value is -3.46. The quantitative estimate of drug-likeness (QED) is 0.254. The number of methoxy groups -OCH3 is 1. The maximum atomic E-state index is 6.16. The van der Waals surface area contributed by atoms with E-state index in [4.69, 9.17) is 11.6 Å². The van der Waals surface area contributed by atoms with Crippen LogP contribution < -0.4 is 0 Å². The minimum absolute atomic E-state index is 0.171. The van der Waals surface area contributed by atoms with Crippen molar-refractivity contribution in [2.75, 3.05) is 14.2 Å². The van der Waals surface area contributed by atoms with E-state index in [0.717, 1.165) is 39.0 Å². The van der Waals surface area contributed by atoms with E-state index in [1.54, 1.807) is 14.2 Å². The molecule has 0 spiro atoms. The molecule has 4 aromatic rings. The fraction of sp³-hybridized carbons (Fsp3) is 0.129. The average Bonchev–Trinajstić information content (AvgIpc) is 2.87. The van der Waals surface area contributed by atoms with Crippen molar-refractivity contribution in [2.45, 2.75) is 12.3 Å². The van der Waals surface area contributed by atoms with Crippen LogP contribution in [0, 0.1) is 0 Å². The Morgan fingerprint density at radius 3 is 2.35 bits per heavy atom. The van der Waals surface area contributed by atoms with E-state index in [2.05, 4.69) is 83.5 Å². The largest absolute Gasteiger partial charge is 0.388 e. The molecule has 0 radical (unpaired) electrons. The molecule has 1 aromatic heterocycles. The Kier molecular flexibility index (Phi) is 9.40. The van der Waals surface area contributed by atoms with E-state index in [-0.39, 0.29) is 5.92 Å². The number of ether oxygens (including phenoxy) is 1. The van der Waals surface area contributed by atoms with Gasteiger partial charge in [-0.3, -0.25) is 4.98 Å².